The van der Waals surface area contributed by atoms with Crippen molar-refractivity contribution in [1.82, 2.24) is 24.4 Å². The highest BCUT2D eigenvalue weighted by atomic mass is 32.1. The predicted octanol–water partition coefficient (Wildman–Crippen LogP) is 2.17. The molecule has 3 aromatic heterocycles. The largest absolute Gasteiger partial charge is 0.278 e. The summed E-state index contributed by atoms with van der Waals surface area (Å²) in [6.07, 6.45) is 5.47. The maximum Gasteiger partial charge on any atom is 0.260 e. The molecule has 0 unspecified atom stereocenters. The topological polar surface area (TPSA) is 79.4 Å². The van der Waals surface area contributed by atoms with E-state index in [4.69, 9.17) is 0 Å². The molecule has 3 heterocycles. The summed E-state index contributed by atoms with van der Waals surface area (Å²) >= 11 is 1.26. The Bertz CT molecular complexity index is 945. The third kappa shape index (κ3) is 1.76. The molecule has 0 atom stereocenters. The number of hydrogen-bond acceptors (Lipinski definition) is 4. The van der Waals surface area contributed by atoms with E-state index in [1.165, 1.54) is 17.6 Å². The highest BCUT2D eigenvalue weighted by Crippen LogP contribution is 2.23. The van der Waals surface area contributed by atoms with Crippen LogP contribution in [0.5, 0.6) is 0 Å². The quantitative estimate of drug-likeness (QED) is 0.591. The van der Waals surface area contributed by atoms with E-state index in [0.29, 0.717) is 0 Å². The molecule has 0 aliphatic rings. The van der Waals surface area contributed by atoms with Gasteiger partial charge in [-0.1, -0.05) is 12.1 Å². The van der Waals surface area contributed by atoms with Crippen molar-refractivity contribution >= 4 is 22.4 Å². The van der Waals surface area contributed by atoms with E-state index in [1.54, 1.807) is 17.1 Å². The molecular weight excluding hydrogens is 274 g/mol. The fourth-order valence-corrected chi connectivity index (χ4v) is 2.72. The average molecular weight is 283 g/mol. The van der Waals surface area contributed by atoms with Crippen molar-refractivity contribution in [2.45, 2.75) is 0 Å². The van der Waals surface area contributed by atoms with Gasteiger partial charge in [-0.2, -0.15) is 10.2 Å². The molecule has 0 fully saturated rings. The molecule has 7 heteroatoms. The van der Waals surface area contributed by atoms with E-state index in [9.17, 15) is 4.79 Å². The fraction of sp³-hybridized carbons (Fsp3) is 0. The third-order valence-electron chi connectivity index (χ3n) is 3.09. The Balaban J connectivity index is 1.78. The Kier molecular flexibility index (Phi) is 2.33. The Hall–Kier alpha value is -2.67. The zero-order chi connectivity index (χ0) is 13.5. The van der Waals surface area contributed by atoms with Gasteiger partial charge in [0.15, 0.2) is 0 Å². The van der Waals surface area contributed by atoms with Crippen LogP contribution in [0.4, 0.5) is 0 Å². The van der Waals surface area contributed by atoms with Gasteiger partial charge in [-0.25, -0.2) is 4.68 Å². The normalized spacial score (nSPS) is 11.2. The maximum atomic E-state index is 11.2. The van der Waals surface area contributed by atoms with Crippen LogP contribution in [0.3, 0.4) is 0 Å². The number of fused-ring (bicyclic) bond motifs is 1. The number of H-pyrrole nitrogens is 2. The molecule has 6 nitrogen and oxygen atoms in total. The van der Waals surface area contributed by atoms with Crippen molar-refractivity contribution in [3.63, 3.8) is 0 Å². The Labute approximate surface area is 116 Å². The molecule has 20 heavy (non-hydrogen) atoms. The van der Waals surface area contributed by atoms with Gasteiger partial charge >= 0.3 is 0 Å². The zero-order valence-electron chi connectivity index (χ0n) is 10.2. The zero-order valence-corrected chi connectivity index (χ0v) is 11.0. The van der Waals surface area contributed by atoms with E-state index in [1.807, 2.05) is 24.4 Å². The lowest BCUT2D eigenvalue weighted by molar-refractivity contribution is 0.897. The lowest BCUT2D eigenvalue weighted by Crippen LogP contribution is -1.94. The molecule has 0 amide bonds. The second-order valence-corrected chi connectivity index (χ2v) is 5.22. The van der Waals surface area contributed by atoms with Gasteiger partial charge in [-0.05, 0) is 23.2 Å². The van der Waals surface area contributed by atoms with Crippen LogP contribution in [0.15, 0.2) is 47.7 Å². The minimum atomic E-state index is -0.110. The van der Waals surface area contributed by atoms with Crippen molar-refractivity contribution in [3.05, 3.63) is 53.2 Å². The first-order valence-corrected chi connectivity index (χ1v) is 6.78. The highest BCUT2D eigenvalue weighted by molar-refractivity contribution is 7.08. The van der Waals surface area contributed by atoms with E-state index < -0.39 is 0 Å². The van der Waals surface area contributed by atoms with E-state index in [2.05, 4.69) is 19.7 Å². The molecule has 0 saturated heterocycles. The predicted molar refractivity (Wildman–Crippen MR) is 77.1 cm³/mol. The van der Waals surface area contributed by atoms with Gasteiger partial charge in [-0.15, -0.1) is 0 Å². The number of benzene rings is 1. The summed E-state index contributed by atoms with van der Waals surface area (Å²) in [7, 11) is 0. The van der Waals surface area contributed by atoms with E-state index in [-0.39, 0.29) is 5.56 Å². The van der Waals surface area contributed by atoms with Crippen molar-refractivity contribution in [2.75, 3.05) is 0 Å². The Morgan fingerprint density at radius 1 is 1.15 bits per heavy atom. The monoisotopic (exact) mass is 283 g/mol. The van der Waals surface area contributed by atoms with Gasteiger partial charge in [0.05, 0.1) is 17.9 Å². The van der Waals surface area contributed by atoms with Crippen LogP contribution in [0.2, 0.25) is 0 Å². The second-order valence-electron chi connectivity index (χ2n) is 4.40. The molecule has 1 aromatic carbocycles. The third-order valence-corrected chi connectivity index (χ3v) is 3.91. The molecule has 0 aliphatic heterocycles. The van der Waals surface area contributed by atoms with Crippen LogP contribution in [0.1, 0.15) is 0 Å². The molecule has 0 radical (unpaired) electrons. The van der Waals surface area contributed by atoms with E-state index >= 15 is 0 Å². The van der Waals surface area contributed by atoms with Crippen molar-refractivity contribution in [1.29, 1.82) is 0 Å². The summed E-state index contributed by atoms with van der Waals surface area (Å²) in [5.41, 5.74) is 2.92. The Morgan fingerprint density at radius 2 is 2.10 bits per heavy atom. The van der Waals surface area contributed by atoms with E-state index in [0.717, 1.165) is 27.0 Å². The van der Waals surface area contributed by atoms with Crippen molar-refractivity contribution in [2.24, 2.45) is 0 Å². The fourth-order valence-electron chi connectivity index (χ4n) is 2.10. The lowest BCUT2D eigenvalue weighted by Gasteiger charge is -1.97. The maximum absolute atomic E-state index is 11.2. The molecule has 98 valence electrons. The second kappa shape index (κ2) is 4.17. The average Bonchev–Trinajstić information content (AvgIpc) is 3.17. The molecule has 0 aliphatic carbocycles. The number of aromatic amines is 2. The van der Waals surface area contributed by atoms with Crippen LogP contribution in [0, 0.1) is 0 Å². The lowest BCUT2D eigenvalue weighted by atomic mass is 10.1. The highest BCUT2D eigenvalue weighted by Gasteiger charge is 2.06. The van der Waals surface area contributed by atoms with Crippen LogP contribution >= 0.6 is 11.5 Å². The summed E-state index contributed by atoms with van der Waals surface area (Å²) in [6, 6.07) is 7.60. The first kappa shape index (κ1) is 11.2. The van der Waals surface area contributed by atoms with Gasteiger partial charge in [0.2, 0.25) is 0 Å². The van der Waals surface area contributed by atoms with Gasteiger partial charge in [0.25, 0.3) is 5.56 Å². The SMILES string of the molecule is O=c1cc(-n2cc(-c3ccc4cn[nH]c4c3)cn2)s[nH]1. The number of nitrogens with zero attached hydrogens (tertiary/aromatic N) is 3. The van der Waals surface area contributed by atoms with Crippen LogP contribution in [-0.2, 0) is 0 Å². The molecule has 4 rings (SSSR count). The molecular formula is C13H9N5OS. The smallest absolute Gasteiger partial charge is 0.260 e. The number of aromatic nitrogens is 5. The summed E-state index contributed by atoms with van der Waals surface area (Å²) in [5, 5.41) is 13.1. The van der Waals surface area contributed by atoms with Gasteiger partial charge in [0, 0.05) is 23.2 Å². The molecule has 0 spiro atoms. The first-order valence-electron chi connectivity index (χ1n) is 5.97. The summed E-state index contributed by atoms with van der Waals surface area (Å²) in [5.74, 6) is 0. The summed E-state index contributed by atoms with van der Waals surface area (Å²) in [6.45, 7) is 0. The van der Waals surface area contributed by atoms with Gasteiger partial charge in [-0.3, -0.25) is 14.3 Å². The van der Waals surface area contributed by atoms with Crippen LogP contribution in [0.25, 0.3) is 27.0 Å². The minimum absolute atomic E-state index is 0.110. The molecule has 2 N–H and O–H groups in total. The molecule has 4 aromatic rings. The summed E-state index contributed by atoms with van der Waals surface area (Å²) < 4.78 is 4.34. The minimum Gasteiger partial charge on any atom is -0.278 e. The van der Waals surface area contributed by atoms with Crippen LogP contribution in [-0.4, -0.2) is 24.4 Å². The Morgan fingerprint density at radius 3 is 2.95 bits per heavy atom. The first-order chi connectivity index (χ1) is 9.79. The van der Waals surface area contributed by atoms with Crippen LogP contribution < -0.4 is 5.56 Å². The summed E-state index contributed by atoms with van der Waals surface area (Å²) in [4.78, 5) is 11.2. The number of hydrogen-bond donors (Lipinski definition) is 2. The van der Waals surface area contributed by atoms with Crippen molar-refractivity contribution in [3.8, 4) is 16.1 Å². The molecule has 0 bridgehead atoms. The number of rotatable bonds is 2. The van der Waals surface area contributed by atoms with Gasteiger partial charge in [0.1, 0.15) is 5.00 Å². The molecule has 0 saturated carbocycles. The van der Waals surface area contributed by atoms with Crippen molar-refractivity contribution < 1.29 is 0 Å². The number of nitrogens with one attached hydrogen (secondary N) is 2. The van der Waals surface area contributed by atoms with Gasteiger partial charge < -0.3 is 0 Å². The standard InChI is InChI=1S/C13H9N5OS/c19-12-4-13(20-17-12)18-7-10(6-15-18)8-1-2-9-5-14-16-11(9)3-8/h1-7H,(H,14,16)(H,17,19).